The number of guanidine groups is 1. The molecule has 2 fully saturated rings. The molecule has 0 amide bonds. The number of hydrogen-bond acceptors (Lipinski definition) is 2. The fraction of sp³-hybridized carbons (Fsp3) is 0.632. The van der Waals surface area contributed by atoms with Crippen LogP contribution in [-0.2, 0) is 6.54 Å². The molecular formula is C19H31IN4. The largest absolute Gasteiger partial charge is 0.372 e. The van der Waals surface area contributed by atoms with E-state index in [0.29, 0.717) is 6.04 Å². The number of hydrogen-bond donors (Lipinski definition) is 2. The first kappa shape index (κ1) is 19.3. The molecule has 2 aliphatic rings. The molecule has 3 rings (SSSR count). The van der Waals surface area contributed by atoms with E-state index in [1.807, 2.05) is 7.05 Å². The van der Waals surface area contributed by atoms with Crippen LogP contribution in [0.4, 0.5) is 5.69 Å². The zero-order valence-corrected chi connectivity index (χ0v) is 17.4. The van der Waals surface area contributed by atoms with Crippen molar-refractivity contribution >= 4 is 35.6 Å². The number of rotatable bonds is 4. The van der Waals surface area contributed by atoms with E-state index in [0.717, 1.165) is 24.3 Å². The normalized spacial score (nSPS) is 24.3. The molecule has 1 heterocycles. The van der Waals surface area contributed by atoms with Crippen molar-refractivity contribution in [3.05, 3.63) is 29.8 Å². The third kappa shape index (κ3) is 5.26. The molecule has 0 spiro atoms. The van der Waals surface area contributed by atoms with Crippen molar-refractivity contribution in [3.8, 4) is 0 Å². The highest BCUT2D eigenvalue weighted by Crippen LogP contribution is 2.28. The number of nitrogens with zero attached hydrogens (tertiary/aromatic N) is 2. The minimum absolute atomic E-state index is 0. The third-order valence-corrected chi connectivity index (χ3v) is 5.20. The molecule has 0 radical (unpaired) electrons. The summed E-state index contributed by atoms with van der Waals surface area (Å²) in [5.41, 5.74) is 2.65. The van der Waals surface area contributed by atoms with Crippen molar-refractivity contribution in [3.63, 3.8) is 0 Å². The maximum Gasteiger partial charge on any atom is 0.191 e. The van der Waals surface area contributed by atoms with Gasteiger partial charge in [0.05, 0.1) is 0 Å². The van der Waals surface area contributed by atoms with E-state index in [1.165, 1.54) is 43.6 Å². The molecule has 5 heteroatoms. The van der Waals surface area contributed by atoms with Gasteiger partial charge in [0, 0.05) is 38.4 Å². The molecule has 2 N–H and O–H groups in total. The fourth-order valence-electron chi connectivity index (χ4n) is 3.17. The van der Waals surface area contributed by atoms with Gasteiger partial charge in [-0.15, -0.1) is 24.0 Å². The molecule has 24 heavy (non-hydrogen) atoms. The molecule has 1 aliphatic heterocycles. The summed E-state index contributed by atoms with van der Waals surface area (Å²) in [4.78, 5) is 6.81. The Labute approximate surface area is 163 Å². The van der Waals surface area contributed by atoms with Gasteiger partial charge in [0.15, 0.2) is 5.96 Å². The average Bonchev–Trinajstić information content (AvgIpc) is 3.27. The number of aliphatic imine (C=N–C) groups is 1. The van der Waals surface area contributed by atoms with Crippen LogP contribution in [0.1, 0.15) is 38.7 Å². The summed E-state index contributed by atoms with van der Waals surface area (Å²) in [7, 11) is 1.84. The fourth-order valence-corrected chi connectivity index (χ4v) is 3.17. The van der Waals surface area contributed by atoms with Gasteiger partial charge in [-0.2, -0.15) is 0 Å². The van der Waals surface area contributed by atoms with E-state index in [1.54, 1.807) is 0 Å². The Morgan fingerprint density at radius 3 is 2.33 bits per heavy atom. The minimum atomic E-state index is 0. The first-order valence-corrected chi connectivity index (χ1v) is 8.97. The van der Waals surface area contributed by atoms with Crippen molar-refractivity contribution in [1.82, 2.24) is 10.6 Å². The molecule has 1 aromatic carbocycles. The number of nitrogens with one attached hydrogen (secondary N) is 2. The molecule has 0 bridgehead atoms. The van der Waals surface area contributed by atoms with E-state index in [2.05, 4.69) is 58.6 Å². The summed E-state index contributed by atoms with van der Waals surface area (Å²) in [6, 6.07) is 9.57. The summed E-state index contributed by atoms with van der Waals surface area (Å²) in [6.45, 7) is 7.82. The highest BCUT2D eigenvalue weighted by atomic mass is 127. The van der Waals surface area contributed by atoms with Crippen LogP contribution in [0.25, 0.3) is 0 Å². The maximum absolute atomic E-state index is 4.30. The number of benzene rings is 1. The summed E-state index contributed by atoms with van der Waals surface area (Å²) in [5, 5.41) is 6.87. The lowest BCUT2D eigenvalue weighted by Gasteiger charge is -2.32. The highest BCUT2D eigenvalue weighted by molar-refractivity contribution is 14.0. The van der Waals surface area contributed by atoms with Crippen LogP contribution < -0.4 is 15.5 Å². The molecular weight excluding hydrogens is 411 g/mol. The smallest absolute Gasteiger partial charge is 0.191 e. The SMILES string of the molecule is CN=C(NCc1ccc(N2CCC(C)CC2)cc1)NC1CC1C.I. The number of anilines is 1. The Morgan fingerprint density at radius 1 is 1.17 bits per heavy atom. The van der Waals surface area contributed by atoms with Crippen molar-refractivity contribution in [2.75, 3.05) is 25.0 Å². The van der Waals surface area contributed by atoms with Gasteiger partial charge >= 0.3 is 0 Å². The lowest BCUT2D eigenvalue weighted by molar-refractivity contribution is 0.438. The Morgan fingerprint density at radius 2 is 1.79 bits per heavy atom. The molecule has 1 aliphatic carbocycles. The van der Waals surface area contributed by atoms with Crippen molar-refractivity contribution in [2.24, 2.45) is 16.8 Å². The first-order valence-electron chi connectivity index (χ1n) is 8.97. The topological polar surface area (TPSA) is 39.7 Å². The van der Waals surface area contributed by atoms with Gasteiger partial charge in [-0.25, -0.2) is 0 Å². The Balaban J connectivity index is 0.00000208. The standard InChI is InChI=1S/C19H30N4.HI/c1-14-8-10-23(11-9-14)17-6-4-16(5-7-17)13-21-19(20-3)22-18-12-15(18)2;/h4-7,14-15,18H,8-13H2,1-3H3,(H2,20,21,22);1H. The van der Waals surface area contributed by atoms with Gasteiger partial charge < -0.3 is 15.5 Å². The van der Waals surface area contributed by atoms with Crippen molar-refractivity contribution in [1.29, 1.82) is 0 Å². The van der Waals surface area contributed by atoms with E-state index in [-0.39, 0.29) is 24.0 Å². The van der Waals surface area contributed by atoms with Crippen LogP contribution in [0.3, 0.4) is 0 Å². The molecule has 134 valence electrons. The summed E-state index contributed by atoms with van der Waals surface area (Å²) in [5.74, 6) is 2.57. The molecule has 1 aromatic rings. The van der Waals surface area contributed by atoms with Crippen LogP contribution in [0, 0.1) is 11.8 Å². The van der Waals surface area contributed by atoms with Crippen LogP contribution in [0.15, 0.2) is 29.3 Å². The highest BCUT2D eigenvalue weighted by Gasteiger charge is 2.33. The zero-order valence-electron chi connectivity index (χ0n) is 15.1. The second-order valence-corrected chi connectivity index (χ2v) is 7.23. The predicted octanol–water partition coefficient (Wildman–Crippen LogP) is 3.61. The van der Waals surface area contributed by atoms with Gasteiger partial charge in [-0.3, -0.25) is 4.99 Å². The van der Waals surface area contributed by atoms with Crippen molar-refractivity contribution < 1.29 is 0 Å². The second kappa shape index (κ2) is 8.92. The van der Waals surface area contributed by atoms with Gasteiger partial charge in [0.25, 0.3) is 0 Å². The van der Waals surface area contributed by atoms with Crippen LogP contribution in [0.5, 0.6) is 0 Å². The lowest BCUT2D eigenvalue weighted by Crippen LogP contribution is -2.38. The Kier molecular flexibility index (Phi) is 7.19. The van der Waals surface area contributed by atoms with E-state index >= 15 is 0 Å². The number of piperidine rings is 1. The second-order valence-electron chi connectivity index (χ2n) is 7.23. The molecule has 4 nitrogen and oxygen atoms in total. The number of halogens is 1. The maximum atomic E-state index is 4.30. The van der Waals surface area contributed by atoms with Gasteiger partial charge in [-0.05, 0) is 48.8 Å². The van der Waals surface area contributed by atoms with Crippen molar-refractivity contribution in [2.45, 2.75) is 45.7 Å². The molecule has 2 unspecified atom stereocenters. The first-order chi connectivity index (χ1) is 11.2. The monoisotopic (exact) mass is 442 g/mol. The van der Waals surface area contributed by atoms with E-state index in [4.69, 9.17) is 0 Å². The van der Waals surface area contributed by atoms with E-state index in [9.17, 15) is 0 Å². The average molecular weight is 442 g/mol. The van der Waals surface area contributed by atoms with E-state index < -0.39 is 0 Å². The van der Waals surface area contributed by atoms with Crippen LogP contribution in [-0.4, -0.2) is 32.1 Å². The Bertz CT molecular complexity index is 535. The molecule has 2 atom stereocenters. The third-order valence-electron chi connectivity index (χ3n) is 5.20. The Hall–Kier alpha value is -0.980. The summed E-state index contributed by atoms with van der Waals surface area (Å²) < 4.78 is 0. The zero-order chi connectivity index (χ0) is 16.2. The minimum Gasteiger partial charge on any atom is -0.372 e. The summed E-state index contributed by atoms with van der Waals surface area (Å²) in [6.07, 6.45) is 3.87. The van der Waals surface area contributed by atoms with Crippen LogP contribution in [0.2, 0.25) is 0 Å². The van der Waals surface area contributed by atoms with Gasteiger partial charge in [-0.1, -0.05) is 26.0 Å². The van der Waals surface area contributed by atoms with Gasteiger partial charge in [0.2, 0.25) is 0 Å². The van der Waals surface area contributed by atoms with Crippen LogP contribution >= 0.6 is 24.0 Å². The quantitative estimate of drug-likeness (QED) is 0.425. The summed E-state index contributed by atoms with van der Waals surface area (Å²) >= 11 is 0. The molecule has 1 saturated carbocycles. The predicted molar refractivity (Wildman–Crippen MR) is 113 cm³/mol. The lowest BCUT2D eigenvalue weighted by atomic mass is 9.99. The molecule has 0 aromatic heterocycles. The molecule has 1 saturated heterocycles. The van der Waals surface area contributed by atoms with Gasteiger partial charge in [0.1, 0.15) is 0 Å².